The van der Waals surface area contributed by atoms with Crippen LogP contribution in [-0.4, -0.2) is 23.3 Å². The van der Waals surface area contributed by atoms with Gasteiger partial charge in [-0.2, -0.15) is 0 Å². The first-order valence-corrected chi connectivity index (χ1v) is 6.91. The van der Waals surface area contributed by atoms with E-state index in [4.69, 9.17) is 9.84 Å². The van der Waals surface area contributed by atoms with Crippen LogP contribution in [0, 0.1) is 13.8 Å². The molecule has 0 radical (unpaired) electrons. The summed E-state index contributed by atoms with van der Waals surface area (Å²) in [5, 5.41) is 18.9. The van der Waals surface area contributed by atoms with E-state index in [0.717, 1.165) is 21.2 Å². The third kappa shape index (κ3) is 3.94. The molecular formula is C14H19BrO4. The summed E-state index contributed by atoms with van der Waals surface area (Å²) >= 11 is 3.46. The number of benzene rings is 1. The second-order valence-corrected chi connectivity index (χ2v) is 5.40. The molecule has 19 heavy (non-hydrogen) atoms. The van der Waals surface area contributed by atoms with E-state index in [1.807, 2.05) is 19.9 Å². The highest BCUT2D eigenvalue weighted by Gasteiger charge is 2.20. The van der Waals surface area contributed by atoms with Crippen molar-refractivity contribution < 1.29 is 19.7 Å². The van der Waals surface area contributed by atoms with Crippen LogP contribution >= 0.6 is 15.9 Å². The molecule has 1 rings (SSSR count). The van der Waals surface area contributed by atoms with Crippen molar-refractivity contribution in [1.82, 2.24) is 0 Å². The van der Waals surface area contributed by atoms with Crippen molar-refractivity contribution in [3.63, 3.8) is 0 Å². The number of aliphatic hydroxyl groups is 1. The molecule has 0 saturated heterocycles. The summed E-state index contributed by atoms with van der Waals surface area (Å²) in [4.78, 5) is 10.5. The summed E-state index contributed by atoms with van der Waals surface area (Å²) in [6, 6.07) is 1.95. The average Bonchev–Trinajstić information content (AvgIpc) is 2.32. The fraction of sp³-hybridized carbons (Fsp3) is 0.500. The fourth-order valence-electron chi connectivity index (χ4n) is 2.14. The number of carbonyl (C=O) groups is 1. The maximum atomic E-state index is 10.5. The smallest absolute Gasteiger partial charge is 0.303 e. The minimum absolute atomic E-state index is 0.0609. The molecule has 0 heterocycles. The first-order chi connectivity index (χ1) is 8.88. The highest BCUT2D eigenvalue weighted by atomic mass is 79.9. The number of methoxy groups -OCH3 is 1. The van der Waals surface area contributed by atoms with E-state index in [1.54, 1.807) is 7.11 Å². The number of ether oxygens (including phenoxy) is 1. The van der Waals surface area contributed by atoms with Gasteiger partial charge in [-0.15, -0.1) is 0 Å². The number of hydrogen-bond donors (Lipinski definition) is 2. The molecule has 0 aliphatic rings. The third-order valence-corrected chi connectivity index (χ3v) is 3.94. The largest absolute Gasteiger partial charge is 0.496 e. The minimum atomic E-state index is -0.846. The average molecular weight is 331 g/mol. The Morgan fingerprint density at radius 3 is 2.63 bits per heavy atom. The van der Waals surface area contributed by atoms with Gasteiger partial charge in [0.15, 0.2) is 0 Å². The van der Waals surface area contributed by atoms with Gasteiger partial charge in [-0.3, -0.25) is 4.79 Å². The number of rotatable bonds is 6. The Hall–Kier alpha value is -1.07. The van der Waals surface area contributed by atoms with Crippen molar-refractivity contribution in [3.05, 3.63) is 27.2 Å². The molecule has 1 aromatic carbocycles. The summed E-state index contributed by atoms with van der Waals surface area (Å²) in [6.07, 6.45) is 0.181. The monoisotopic (exact) mass is 330 g/mol. The standard InChI is InChI=1S/C14H19BrO4/c1-8-7-10(15)9(2)13(14(8)19-3)11(16)5-4-6-12(17)18/h7,11,16H,4-6H2,1-3H3,(H,17,18). The SMILES string of the molecule is COc1c(C)cc(Br)c(C)c1C(O)CCCC(=O)O. The third-order valence-electron chi connectivity index (χ3n) is 3.11. The molecule has 0 aliphatic carbocycles. The van der Waals surface area contributed by atoms with Crippen molar-refractivity contribution in [1.29, 1.82) is 0 Å². The lowest BCUT2D eigenvalue weighted by Crippen LogP contribution is -2.06. The Labute approximate surface area is 121 Å². The molecule has 0 bridgehead atoms. The highest BCUT2D eigenvalue weighted by molar-refractivity contribution is 9.10. The van der Waals surface area contributed by atoms with Crippen molar-refractivity contribution in [3.8, 4) is 5.75 Å². The van der Waals surface area contributed by atoms with E-state index in [1.165, 1.54) is 0 Å². The molecule has 0 amide bonds. The summed E-state index contributed by atoms with van der Waals surface area (Å²) in [6.45, 7) is 3.82. The van der Waals surface area contributed by atoms with Gasteiger partial charge in [-0.05, 0) is 43.9 Å². The predicted molar refractivity (Wildman–Crippen MR) is 76.6 cm³/mol. The number of carboxylic acid groups (broad SMARTS) is 1. The number of carboxylic acids is 1. The van der Waals surface area contributed by atoms with Gasteiger partial charge < -0.3 is 14.9 Å². The number of aliphatic hydroxyl groups excluding tert-OH is 1. The van der Waals surface area contributed by atoms with E-state index in [-0.39, 0.29) is 6.42 Å². The zero-order valence-corrected chi connectivity index (χ0v) is 13.0. The normalized spacial score (nSPS) is 12.3. The van der Waals surface area contributed by atoms with E-state index in [9.17, 15) is 9.90 Å². The molecule has 2 N–H and O–H groups in total. The molecule has 106 valence electrons. The van der Waals surface area contributed by atoms with Gasteiger partial charge >= 0.3 is 5.97 Å². The molecule has 0 spiro atoms. The lowest BCUT2D eigenvalue weighted by atomic mass is 9.96. The number of halogens is 1. The lowest BCUT2D eigenvalue weighted by Gasteiger charge is -2.20. The summed E-state index contributed by atoms with van der Waals surface area (Å²) in [5.41, 5.74) is 2.59. The first kappa shape index (κ1) is 16.0. The Balaban J connectivity index is 3.00. The van der Waals surface area contributed by atoms with Gasteiger partial charge in [-0.1, -0.05) is 15.9 Å². The van der Waals surface area contributed by atoms with Crippen LogP contribution in [0.3, 0.4) is 0 Å². The molecule has 0 aromatic heterocycles. The van der Waals surface area contributed by atoms with Crippen molar-refractivity contribution >= 4 is 21.9 Å². The molecule has 1 aromatic rings. The van der Waals surface area contributed by atoms with Crippen LogP contribution < -0.4 is 4.74 Å². The molecule has 5 heteroatoms. The van der Waals surface area contributed by atoms with Crippen LogP contribution in [0.1, 0.15) is 42.1 Å². The highest BCUT2D eigenvalue weighted by Crippen LogP contribution is 2.37. The number of hydrogen-bond acceptors (Lipinski definition) is 3. The summed E-state index contributed by atoms with van der Waals surface area (Å²) < 4.78 is 6.28. The Morgan fingerprint density at radius 1 is 1.47 bits per heavy atom. The molecule has 1 atom stereocenters. The number of aliphatic carboxylic acids is 1. The zero-order valence-electron chi connectivity index (χ0n) is 11.4. The molecule has 4 nitrogen and oxygen atoms in total. The van der Waals surface area contributed by atoms with Crippen LogP contribution in [0.4, 0.5) is 0 Å². The Kier molecular flexibility index (Phi) is 5.82. The fourth-order valence-corrected chi connectivity index (χ4v) is 2.70. The molecule has 0 fully saturated rings. The van der Waals surface area contributed by atoms with Gasteiger partial charge in [0, 0.05) is 16.5 Å². The molecule has 0 aliphatic heterocycles. The van der Waals surface area contributed by atoms with E-state index in [0.29, 0.717) is 18.6 Å². The van der Waals surface area contributed by atoms with E-state index < -0.39 is 12.1 Å². The van der Waals surface area contributed by atoms with Crippen LogP contribution in [0.2, 0.25) is 0 Å². The summed E-state index contributed by atoms with van der Waals surface area (Å²) in [5.74, 6) is -0.176. The van der Waals surface area contributed by atoms with Crippen LogP contribution in [-0.2, 0) is 4.79 Å². The van der Waals surface area contributed by atoms with Gasteiger partial charge in [0.05, 0.1) is 13.2 Å². The van der Waals surface area contributed by atoms with Crippen LogP contribution in [0.5, 0.6) is 5.75 Å². The maximum Gasteiger partial charge on any atom is 0.303 e. The quantitative estimate of drug-likeness (QED) is 0.839. The van der Waals surface area contributed by atoms with Crippen molar-refractivity contribution in [2.75, 3.05) is 7.11 Å². The maximum absolute atomic E-state index is 10.5. The summed E-state index contributed by atoms with van der Waals surface area (Å²) in [7, 11) is 1.57. The molecule has 1 unspecified atom stereocenters. The second kappa shape index (κ2) is 6.91. The topological polar surface area (TPSA) is 66.8 Å². The number of aryl methyl sites for hydroxylation is 1. The Bertz CT molecular complexity index is 471. The van der Waals surface area contributed by atoms with Crippen LogP contribution in [0.15, 0.2) is 10.5 Å². The minimum Gasteiger partial charge on any atom is -0.496 e. The van der Waals surface area contributed by atoms with Gasteiger partial charge in [0.1, 0.15) is 5.75 Å². The van der Waals surface area contributed by atoms with Crippen molar-refractivity contribution in [2.45, 2.75) is 39.2 Å². The molecular weight excluding hydrogens is 312 g/mol. The zero-order chi connectivity index (χ0) is 14.6. The molecule has 0 saturated carbocycles. The first-order valence-electron chi connectivity index (χ1n) is 6.12. The van der Waals surface area contributed by atoms with Crippen LogP contribution in [0.25, 0.3) is 0 Å². The lowest BCUT2D eigenvalue weighted by molar-refractivity contribution is -0.137. The van der Waals surface area contributed by atoms with E-state index >= 15 is 0 Å². The predicted octanol–water partition coefficient (Wildman–Crippen LogP) is 3.36. The second-order valence-electron chi connectivity index (χ2n) is 4.55. The van der Waals surface area contributed by atoms with Gasteiger partial charge in [0.25, 0.3) is 0 Å². The van der Waals surface area contributed by atoms with Crippen molar-refractivity contribution in [2.24, 2.45) is 0 Å². The van der Waals surface area contributed by atoms with Gasteiger partial charge in [-0.25, -0.2) is 0 Å². The Morgan fingerprint density at radius 2 is 2.11 bits per heavy atom. The van der Waals surface area contributed by atoms with E-state index in [2.05, 4.69) is 15.9 Å². The van der Waals surface area contributed by atoms with Gasteiger partial charge in [0.2, 0.25) is 0 Å².